The molecule has 388 valence electrons. The van der Waals surface area contributed by atoms with E-state index >= 15 is 0 Å². The van der Waals surface area contributed by atoms with Crippen LogP contribution in [0, 0.1) is 0 Å². The van der Waals surface area contributed by atoms with Gasteiger partial charge in [-0.1, -0.05) is 243 Å². The Morgan fingerprint density at radius 2 is 0.758 bits per heavy atom. The van der Waals surface area contributed by atoms with E-state index in [0.717, 1.165) is 83.5 Å². The first-order valence-corrected chi connectivity index (χ1v) is 29.2. The number of hydrogen-bond donors (Lipinski definition) is 3. The summed E-state index contributed by atoms with van der Waals surface area (Å²) in [5.41, 5.74) is 0. The van der Waals surface area contributed by atoms with Gasteiger partial charge in [0, 0.05) is 12.8 Å². The quantitative estimate of drug-likeness (QED) is 0.0321. The molecule has 2 atom stereocenters. The predicted octanol–water partition coefficient (Wildman–Crippen LogP) is 18.0. The second-order valence-electron chi connectivity index (χ2n) is 20.0. The van der Waals surface area contributed by atoms with Crippen LogP contribution >= 0.6 is 0 Å². The molecule has 0 rings (SSSR count). The Labute approximate surface area is 411 Å². The lowest BCUT2D eigenvalue weighted by molar-refractivity contribution is -0.143. The van der Waals surface area contributed by atoms with Gasteiger partial charge in [-0.25, -0.2) is 0 Å². The molecule has 0 aliphatic heterocycles. The fourth-order valence-electron chi connectivity index (χ4n) is 8.90. The van der Waals surface area contributed by atoms with Crippen LogP contribution in [0.25, 0.3) is 0 Å². The number of amides is 1. The summed E-state index contributed by atoms with van der Waals surface area (Å²) in [5, 5.41) is 23.3. The largest absolute Gasteiger partial charge is 0.466 e. The van der Waals surface area contributed by atoms with Crippen LogP contribution in [0.15, 0.2) is 36.5 Å². The van der Waals surface area contributed by atoms with Gasteiger partial charge in [0.15, 0.2) is 0 Å². The van der Waals surface area contributed by atoms with E-state index in [4.69, 9.17) is 4.74 Å². The Bertz CT molecular complexity index is 1070. The lowest BCUT2D eigenvalue weighted by Gasteiger charge is -2.22. The van der Waals surface area contributed by atoms with Gasteiger partial charge in [-0.3, -0.25) is 9.59 Å². The van der Waals surface area contributed by atoms with Gasteiger partial charge in [0.25, 0.3) is 0 Å². The van der Waals surface area contributed by atoms with Crippen LogP contribution in [0.1, 0.15) is 309 Å². The first-order chi connectivity index (χ1) is 32.5. The number of ether oxygens (including phenoxy) is 1. The molecule has 3 N–H and O–H groups in total. The first kappa shape index (κ1) is 64.1. The Hall–Kier alpha value is -1.92. The number of unbranched alkanes of at least 4 members (excludes halogenated alkanes) is 37. The molecule has 0 saturated heterocycles. The molecule has 0 fully saturated rings. The van der Waals surface area contributed by atoms with Crippen molar-refractivity contribution in [2.75, 3.05) is 13.2 Å². The number of nitrogens with one attached hydrogen (secondary N) is 1. The van der Waals surface area contributed by atoms with E-state index in [-0.39, 0.29) is 18.5 Å². The van der Waals surface area contributed by atoms with Gasteiger partial charge in [-0.2, -0.15) is 0 Å². The molecular formula is C60H113NO5. The molecule has 0 spiro atoms. The predicted molar refractivity (Wildman–Crippen MR) is 287 cm³/mol. The molecule has 0 heterocycles. The summed E-state index contributed by atoms with van der Waals surface area (Å²) in [6.07, 6.45) is 68.4. The zero-order chi connectivity index (χ0) is 47.9. The van der Waals surface area contributed by atoms with E-state index in [9.17, 15) is 19.8 Å². The summed E-state index contributed by atoms with van der Waals surface area (Å²) in [5.74, 6) is -0.0893. The molecule has 0 aromatic rings. The summed E-state index contributed by atoms with van der Waals surface area (Å²) in [6, 6.07) is -0.562. The van der Waals surface area contributed by atoms with Gasteiger partial charge in [0.1, 0.15) is 0 Å². The van der Waals surface area contributed by atoms with E-state index in [0.29, 0.717) is 25.9 Å². The van der Waals surface area contributed by atoms with Crippen molar-refractivity contribution in [3.8, 4) is 0 Å². The molecule has 1 amide bonds. The normalized spacial score (nSPS) is 12.8. The van der Waals surface area contributed by atoms with Crippen LogP contribution in [0.5, 0.6) is 0 Å². The third-order valence-corrected chi connectivity index (χ3v) is 13.4. The Morgan fingerprint density at radius 3 is 1.18 bits per heavy atom. The van der Waals surface area contributed by atoms with Gasteiger partial charge in [-0.15, -0.1) is 0 Å². The molecule has 66 heavy (non-hydrogen) atoms. The zero-order valence-electron chi connectivity index (χ0n) is 44.2. The summed E-state index contributed by atoms with van der Waals surface area (Å²) in [7, 11) is 0. The Balaban J connectivity index is 3.50. The maximum absolute atomic E-state index is 12.5. The number of aliphatic hydroxyl groups is 2. The smallest absolute Gasteiger partial charge is 0.305 e. The molecule has 6 heteroatoms. The highest BCUT2D eigenvalue weighted by molar-refractivity contribution is 5.76. The van der Waals surface area contributed by atoms with Crippen molar-refractivity contribution in [2.24, 2.45) is 0 Å². The monoisotopic (exact) mass is 928 g/mol. The topological polar surface area (TPSA) is 95.9 Å². The number of aliphatic hydroxyl groups excluding tert-OH is 2. The molecule has 2 unspecified atom stereocenters. The summed E-state index contributed by atoms with van der Waals surface area (Å²) in [6.45, 7) is 4.89. The highest BCUT2D eigenvalue weighted by atomic mass is 16.5. The van der Waals surface area contributed by atoms with Crippen LogP contribution in [0.4, 0.5) is 0 Å². The number of carbonyl (C=O) groups is 2. The van der Waals surface area contributed by atoms with Crippen LogP contribution in [-0.4, -0.2) is 47.4 Å². The van der Waals surface area contributed by atoms with Gasteiger partial charge in [-0.05, 0) is 89.9 Å². The van der Waals surface area contributed by atoms with E-state index in [1.54, 1.807) is 0 Å². The third kappa shape index (κ3) is 51.5. The van der Waals surface area contributed by atoms with Crippen LogP contribution in [-0.2, 0) is 14.3 Å². The fourth-order valence-corrected chi connectivity index (χ4v) is 8.90. The minimum absolute atomic E-state index is 0.0297. The minimum atomic E-state index is -0.682. The van der Waals surface area contributed by atoms with Crippen LogP contribution < -0.4 is 5.32 Å². The minimum Gasteiger partial charge on any atom is -0.466 e. The Morgan fingerprint density at radius 1 is 0.424 bits per heavy atom. The van der Waals surface area contributed by atoms with Crippen molar-refractivity contribution in [2.45, 2.75) is 321 Å². The zero-order valence-corrected chi connectivity index (χ0v) is 44.2. The first-order valence-electron chi connectivity index (χ1n) is 29.2. The molecule has 6 nitrogen and oxygen atoms in total. The second-order valence-corrected chi connectivity index (χ2v) is 20.0. The average molecular weight is 929 g/mol. The van der Waals surface area contributed by atoms with Crippen molar-refractivity contribution in [1.29, 1.82) is 0 Å². The van der Waals surface area contributed by atoms with E-state index in [1.807, 2.05) is 0 Å². The Kier molecular flexibility index (Phi) is 54.1. The maximum atomic E-state index is 12.5. The number of hydrogen-bond acceptors (Lipinski definition) is 5. The maximum Gasteiger partial charge on any atom is 0.305 e. The van der Waals surface area contributed by atoms with Crippen LogP contribution in [0.3, 0.4) is 0 Å². The summed E-state index contributed by atoms with van der Waals surface area (Å²) in [4.78, 5) is 24.6. The fraction of sp³-hybridized carbons (Fsp3) is 0.867. The molecule has 0 aliphatic carbocycles. The van der Waals surface area contributed by atoms with Gasteiger partial charge in [0.2, 0.25) is 5.91 Å². The molecule has 0 saturated carbocycles. The van der Waals surface area contributed by atoms with Crippen molar-refractivity contribution in [1.82, 2.24) is 5.32 Å². The highest BCUT2D eigenvalue weighted by Gasteiger charge is 2.20. The van der Waals surface area contributed by atoms with Gasteiger partial charge >= 0.3 is 5.97 Å². The summed E-state index contributed by atoms with van der Waals surface area (Å²) >= 11 is 0. The highest BCUT2D eigenvalue weighted by Crippen LogP contribution is 2.17. The van der Waals surface area contributed by atoms with E-state index in [2.05, 4.69) is 55.6 Å². The second kappa shape index (κ2) is 55.7. The summed E-state index contributed by atoms with van der Waals surface area (Å²) < 4.78 is 5.46. The number of carbonyl (C=O) groups excluding carboxylic acids is 2. The molecular weight excluding hydrogens is 815 g/mol. The SMILES string of the molecule is CCCCCC/C=C\C/C=C\CCCCCCCCCC(=O)OCCCCC/C=C\CCCCCCCC(=O)NC(CO)C(O)CCCCCCCCCCCCCCCCCCCCC. The number of allylic oxidation sites excluding steroid dienone is 6. The standard InChI is InChI=1S/C60H113NO5/c1-3-5-7-9-11-13-15-17-19-21-23-24-26-28-32-36-40-44-48-52-58(63)57(56-62)61-59(64)53-49-45-41-37-33-30-31-35-39-43-47-51-55-66-60(65)54-50-46-42-38-34-29-27-25-22-20-18-16-14-12-10-8-6-4-2/h14,16,20,22,31,35,57-58,62-63H,3-13,15,17-19,21,23-30,32-34,36-56H2,1-2H3,(H,61,64)/b16-14-,22-20-,35-31-. The van der Waals surface area contributed by atoms with E-state index in [1.165, 1.54) is 193 Å². The number of rotatable bonds is 54. The molecule has 0 aromatic heterocycles. The molecule has 0 aromatic carbocycles. The van der Waals surface area contributed by atoms with Gasteiger partial charge in [0.05, 0.1) is 25.4 Å². The molecule has 0 radical (unpaired) electrons. The average Bonchev–Trinajstić information content (AvgIpc) is 3.32. The van der Waals surface area contributed by atoms with Crippen molar-refractivity contribution in [3.63, 3.8) is 0 Å². The van der Waals surface area contributed by atoms with Crippen LogP contribution in [0.2, 0.25) is 0 Å². The third-order valence-electron chi connectivity index (χ3n) is 13.4. The number of esters is 1. The van der Waals surface area contributed by atoms with Crippen molar-refractivity contribution < 1.29 is 24.5 Å². The lowest BCUT2D eigenvalue weighted by Crippen LogP contribution is -2.45. The van der Waals surface area contributed by atoms with E-state index < -0.39 is 12.1 Å². The van der Waals surface area contributed by atoms with Crippen molar-refractivity contribution >= 4 is 11.9 Å². The lowest BCUT2D eigenvalue weighted by atomic mass is 10.0. The van der Waals surface area contributed by atoms with Crippen molar-refractivity contribution in [3.05, 3.63) is 36.5 Å². The van der Waals surface area contributed by atoms with Gasteiger partial charge < -0.3 is 20.3 Å². The molecule has 0 aliphatic rings. The molecule has 0 bridgehead atoms.